The maximum absolute atomic E-state index is 4.60. The summed E-state index contributed by atoms with van der Waals surface area (Å²) in [6.45, 7) is 9.80. The molecule has 1 rings (SSSR count). The lowest BCUT2D eigenvalue weighted by Crippen LogP contribution is -2.31. The van der Waals surface area contributed by atoms with Gasteiger partial charge in [-0.05, 0) is 31.5 Å². The van der Waals surface area contributed by atoms with Gasteiger partial charge in [0.25, 0.3) is 0 Å². The molecular formula is C15H25N2. The van der Waals surface area contributed by atoms with Crippen molar-refractivity contribution in [1.82, 2.24) is 10.2 Å². The summed E-state index contributed by atoms with van der Waals surface area (Å²) < 4.78 is 0. The lowest BCUT2D eigenvalue weighted by Gasteiger charge is -2.20. The topological polar surface area (TPSA) is 17.3 Å². The normalized spacial score (nSPS) is 11.0. The molecule has 0 aromatic heterocycles. The fraction of sp³-hybridized carbons (Fsp3) is 0.600. The van der Waals surface area contributed by atoms with Crippen LogP contribution >= 0.6 is 0 Å². The summed E-state index contributed by atoms with van der Waals surface area (Å²) in [5.74, 6) is 0. The van der Waals surface area contributed by atoms with Crippen LogP contribution in [0.5, 0.6) is 0 Å². The van der Waals surface area contributed by atoms with Gasteiger partial charge in [0.15, 0.2) is 0 Å². The summed E-state index contributed by atoms with van der Waals surface area (Å²) in [5.41, 5.74) is 1.31. The van der Waals surface area contributed by atoms with Crippen LogP contribution < -0.4 is 5.32 Å². The molecule has 0 aliphatic rings. The molecule has 0 fully saturated rings. The van der Waals surface area contributed by atoms with Crippen molar-refractivity contribution >= 4 is 0 Å². The van der Waals surface area contributed by atoms with E-state index >= 15 is 0 Å². The summed E-state index contributed by atoms with van der Waals surface area (Å²) in [4.78, 5) is 2.51. The first-order chi connectivity index (χ1) is 8.36. The van der Waals surface area contributed by atoms with Gasteiger partial charge in [0.05, 0.1) is 0 Å². The van der Waals surface area contributed by atoms with Crippen molar-refractivity contribution in [2.75, 3.05) is 26.2 Å². The molecule has 0 spiro atoms. The van der Waals surface area contributed by atoms with Gasteiger partial charge in [-0.15, -0.1) is 0 Å². The fourth-order valence-electron chi connectivity index (χ4n) is 1.97. The van der Waals surface area contributed by atoms with Gasteiger partial charge in [-0.2, -0.15) is 0 Å². The van der Waals surface area contributed by atoms with E-state index in [0.717, 1.165) is 19.6 Å². The third kappa shape index (κ3) is 6.44. The van der Waals surface area contributed by atoms with Crippen LogP contribution in [-0.4, -0.2) is 31.1 Å². The molecule has 17 heavy (non-hydrogen) atoms. The molecule has 1 aromatic rings. The molecule has 95 valence electrons. The molecule has 2 nitrogen and oxygen atoms in total. The van der Waals surface area contributed by atoms with E-state index in [4.69, 9.17) is 0 Å². The molecule has 0 saturated carbocycles. The lowest BCUT2D eigenvalue weighted by molar-refractivity contribution is 0.273. The standard InChI is InChI=1S/C15H25N2/c1-3-11-17(12-4-2)13-10-16-14-15-8-6-5-7-9-15/h5-9H,3-4,10-14H2,1-2H3. The molecule has 0 aliphatic heterocycles. The zero-order valence-corrected chi connectivity index (χ0v) is 11.2. The number of hydrogen-bond acceptors (Lipinski definition) is 1. The molecular weight excluding hydrogens is 208 g/mol. The van der Waals surface area contributed by atoms with Gasteiger partial charge in [0, 0.05) is 19.6 Å². The minimum atomic E-state index is 0.854. The quantitative estimate of drug-likeness (QED) is 0.599. The Hall–Kier alpha value is -0.860. The SMILES string of the molecule is CCCN(CCC)CC[N]Cc1ccccc1. The minimum absolute atomic E-state index is 0.854. The Morgan fingerprint density at radius 3 is 2.18 bits per heavy atom. The zero-order chi connectivity index (χ0) is 12.3. The molecule has 1 radical (unpaired) electrons. The summed E-state index contributed by atoms with van der Waals surface area (Å²) in [6.07, 6.45) is 2.47. The van der Waals surface area contributed by atoms with Gasteiger partial charge in [0.2, 0.25) is 0 Å². The highest BCUT2D eigenvalue weighted by Gasteiger charge is 2.01. The van der Waals surface area contributed by atoms with Crippen molar-refractivity contribution in [3.05, 3.63) is 35.9 Å². The highest BCUT2D eigenvalue weighted by Crippen LogP contribution is 1.98. The largest absolute Gasteiger partial charge is 0.302 e. The highest BCUT2D eigenvalue weighted by molar-refractivity contribution is 5.14. The van der Waals surface area contributed by atoms with E-state index in [-0.39, 0.29) is 0 Å². The first kappa shape index (κ1) is 14.2. The molecule has 0 bridgehead atoms. The average molecular weight is 233 g/mol. The van der Waals surface area contributed by atoms with E-state index in [0.29, 0.717) is 0 Å². The summed E-state index contributed by atoms with van der Waals surface area (Å²) >= 11 is 0. The zero-order valence-electron chi connectivity index (χ0n) is 11.2. The molecule has 0 heterocycles. The van der Waals surface area contributed by atoms with Crippen molar-refractivity contribution in [3.63, 3.8) is 0 Å². The number of hydrogen-bond donors (Lipinski definition) is 0. The smallest absolute Gasteiger partial charge is 0.0384 e. The van der Waals surface area contributed by atoms with Crippen molar-refractivity contribution in [2.45, 2.75) is 33.2 Å². The van der Waals surface area contributed by atoms with Gasteiger partial charge >= 0.3 is 0 Å². The Morgan fingerprint density at radius 1 is 0.941 bits per heavy atom. The monoisotopic (exact) mass is 233 g/mol. The minimum Gasteiger partial charge on any atom is -0.302 e. The van der Waals surface area contributed by atoms with Crippen LogP contribution in [0, 0.1) is 0 Å². The maximum atomic E-state index is 4.60. The molecule has 0 saturated heterocycles. The van der Waals surface area contributed by atoms with Gasteiger partial charge in [-0.1, -0.05) is 44.2 Å². The van der Waals surface area contributed by atoms with E-state index in [1.54, 1.807) is 0 Å². The van der Waals surface area contributed by atoms with Crippen LogP contribution in [0.4, 0.5) is 0 Å². The van der Waals surface area contributed by atoms with Crippen LogP contribution in [0.25, 0.3) is 0 Å². The van der Waals surface area contributed by atoms with E-state index in [9.17, 15) is 0 Å². The van der Waals surface area contributed by atoms with Crippen LogP contribution in [-0.2, 0) is 6.54 Å². The molecule has 0 aliphatic carbocycles. The van der Waals surface area contributed by atoms with E-state index < -0.39 is 0 Å². The van der Waals surface area contributed by atoms with Crippen LogP contribution in [0.1, 0.15) is 32.3 Å². The van der Waals surface area contributed by atoms with Crippen molar-refractivity contribution in [3.8, 4) is 0 Å². The van der Waals surface area contributed by atoms with Crippen LogP contribution in [0.3, 0.4) is 0 Å². The Balaban J connectivity index is 2.13. The second-order valence-corrected chi connectivity index (χ2v) is 4.43. The predicted octanol–water partition coefficient (Wildman–Crippen LogP) is 2.91. The van der Waals surface area contributed by atoms with Crippen LogP contribution in [0.15, 0.2) is 30.3 Å². The van der Waals surface area contributed by atoms with Gasteiger partial charge in [-0.3, -0.25) is 0 Å². The van der Waals surface area contributed by atoms with Gasteiger partial charge in [0.1, 0.15) is 0 Å². The average Bonchev–Trinajstić information content (AvgIpc) is 2.36. The van der Waals surface area contributed by atoms with Gasteiger partial charge < -0.3 is 4.90 Å². The molecule has 0 atom stereocenters. The first-order valence-corrected chi connectivity index (χ1v) is 6.76. The van der Waals surface area contributed by atoms with E-state index in [1.807, 2.05) is 6.07 Å². The number of rotatable bonds is 9. The molecule has 1 aromatic carbocycles. The Bertz CT molecular complexity index is 266. The predicted molar refractivity (Wildman–Crippen MR) is 74.2 cm³/mol. The third-order valence-corrected chi connectivity index (χ3v) is 2.79. The molecule has 0 unspecified atom stereocenters. The third-order valence-electron chi connectivity index (χ3n) is 2.79. The van der Waals surface area contributed by atoms with E-state index in [1.165, 1.54) is 31.5 Å². The Morgan fingerprint density at radius 2 is 1.59 bits per heavy atom. The fourth-order valence-corrected chi connectivity index (χ4v) is 1.97. The summed E-state index contributed by atoms with van der Waals surface area (Å²) in [6, 6.07) is 10.5. The van der Waals surface area contributed by atoms with Crippen molar-refractivity contribution in [2.24, 2.45) is 0 Å². The van der Waals surface area contributed by atoms with E-state index in [2.05, 4.69) is 48.3 Å². The second kappa shape index (κ2) is 9.20. The van der Waals surface area contributed by atoms with Crippen LogP contribution in [0.2, 0.25) is 0 Å². The van der Waals surface area contributed by atoms with Crippen molar-refractivity contribution < 1.29 is 0 Å². The molecule has 0 N–H and O–H groups in total. The number of nitrogens with zero attached hydrogens (tertiary/aromatic N) is 2. The number of benzene rings is 1. The maximum Gasteiger partial charge on any atom is 0.0384 e. The second-order valence-electron chi connectivity index (χ2n) is 4.43. The Kier molecular flexibility index (Phi) is 7.69. The molecule has 2 heteroatoms. The summed E-state index contributed by atoms with van der Waals surface area (Å²) in [5, 5.41) is 4.60. The Labute approximate surface area is 106 Å². The lowest BCUT2D eigenvalue weighted by atomic mass is 10.2. The van der Waals surface area contributed by atoms with Crippen molar-refractivity contribution in [1.29, 1.82) is 0 Å². The van der Waals surface area contributed by atoms with Gasteiger partial charge in [-0.25, -0.2) is 5.32 Å². The first-order valence-electron chi connectivity index (χ1n) is 6.76. The summed E-state index contributed by atoms with van der Waals surface area (Å²) in [7, 11) is 0. The molecule has 0 amide bonds. The highest BCUT2D eigenvalue weighted by atomic mass is 15.1.